The number of rotatable bonds is 9. The van der Waals surface area contributed by atoms with E-state index in [0.717, 1.165) is 77.6 Å². The summed E-state index contributed by atoms with van der Waals surface area (Å²) in [5.74, 6) is -5.50. The topological polar surface area (TPSA) is 116 Å². The van der Waals surface area contributed by atoms with Crippen LogP contribution in [0.5, 0.6) is 0 Å². The van der Waals surface area contributed by atoms with E-state index in [1.807, 2.05) is 0 Å². The molecule has 0 aromatic heterocycles. The molecule has 3 aliphatic carbocycles. The number of ketones is 1. The molecule has 192 valence electrons. The van der Waals surface area contributed by atoms with Crippen molar-refractivity contribution in [3.8, 4) is 0 Å². The maximum atomic E-state index is 13.3. The van der Waals surface area contributed by atoms with Gasteiger partial charge < -0.3 is 19.3 Å². The quantitative estimate of drug-likeness (QED) is 0.300. The van der Waals surface area contributed by atoms with Crippen molar-refractivity contribution in [1.29, 1.82) is 0 Å². The smallest absolute Gasteiger partial charge is 0.340 e. The van der Waals surface area contributed by atoms with Gasteiger partial charge in [-0.2, -0.15) is 0 Å². The van der Waals surface area contributed by atoms with Gasteiger partial charge in [-0.05, 0) is 84.0 Å². The average molecular weight is 481 g/mol. The van der Waals surface area contributed by atoms with E-state index >= 15 is 0 Å². The van der Waals surface area contributed by atoms with Crippen molar-refractivity contribution in [2.75, 3.05) is 0 Å². The second-order valence-electron chi connectivity index (χ2n) is 10.3. The Hall–Kier alpha value is -1.96. The van der Waals surface area contributed by atoms with Crippen LogP contribution in [0, 0.1) is 5.92 Å². The number of Topliss-reactive ketones (excluding diaryl/α,β-unsaturated/α-hetero) is 1. The first-order valence-corrected chi connectivity index (χ1v) is 13.1. The van der Waals surface area contributed by atoms with Crippen LogP contribution in [0.1, 0.15) is 110 Å². The van der Waals surface area contributed by atoms with Gasteiger partial charge in [0.2, 0.25) is 0 Å². The highest BCUT2D eigenvalue weighted by Crippen LogP contribution is 2.32. The van der Waals surface area contributed by atoms with E-state index in [0.29, 0.717) is 25.7 Å². The predicted octanol–water partition coefficient (Wildman–Crippen LogP) is 3.94. The first kappa shape index (κ1) is 26.6. The molecule has 3 saturated carbocycles. The zero-order valence-electron chi connectivity index (χ0n) is 20.4. The molecule has 0 aromatic carbocycles. The number of carbonyl (C=O) groups excluding carboxylic acids is 4. The molecule has 1 N–H and O–H groups in total. The van der Waals surface area contributed by atoms with Gasteiger partial charge in [-0.3, -0.25) is 14.4 Å². The summed E-state index contributed by atoms with van der Waals surface area (Å²) >= 11 is 0. The Labute approximate surface area is 202 Å². The van der Waals surface area contributed by atoms with Gasteiger partial charge in [-0.1, -0.05) is 19.3 Å². The fourth-order valence-electron chi connectivity index (χ4n) is 5.47. The maximum absolute atomic E-state index is 13.3. The Morgan fingerprint density at radius 2 is 1.12 bits per heavy atom. The molecular weight excluding hydrogens is 440 g/mol. The van der Waals surface area contributed by atoms with Crippen molar-refractivity contribution in [3.63, 3.8) is 0 Å². The number of esters is 3. The standard InChI is InChI=1S/C26H40O8/c1-18(27)23(24(29)33-20-13-7-3-8-14-20)26(31,25(30)34-21-15-9-4-10-16-21)17-22(28)32-19-11-5-2-6-12-19/h19-21,23,31H,2-17H2,1H3. The summed E-state index contributed by atoms with van der Waals surface area (Å²) in [5, 5.41) is 11.5. The summed E-state index contributed by atoms with van der Waals surface area (Å²) in [6.45, 7) is 1.12. The molecule has 0 aromatic rings. The normalized spacial score (nSPS) is 23.4. The molecule has 2 atom stereocenters. The fraction of sp³-hybridized carbons (Fsp3) is 0.846. The Kier molecular flexibility index (Phi) is 9.92. The van der Waals surface area contributed by atoms with Crippen LogP contribution >= 0.6 is 0 Å². The molecule has 2 unspecified atom stereocenters. The Bertz CT molecular complexity index is 716. The minimum absolute atomic E-state index is 0.287. The molecule has 3 fully saturated rings. The van der Waals surface area contributed by atoms with E-state index in [9.17, 15) is 24.3 Å². The highest BCUT2D eigenvalue weighted by molar-refractivity contribution is 6.05. The van der Waals surface area contributed by atoms with Crippen LogP contribution in [-0.4, -0.2) is 52.7 Å². The van der Waals surface area contributed by atoms with Gasteiger partial charge in [0.25, 0.3) is 0 Å². The largest absolute Gasteiger partial charge is 0.462 e. The lowest BCUT2D eigenvalue weighted by Gasteiger charge is -2.34. The summed E-state index contributed by atoms with van der Waals surface area (Å²) in [5.41, 5.74) is -2.67. The molecule has 3 aliphatic rings. The number of ether oxygens (including phenoxy) is 3. The summed E-state index contributed by atoms with van der Waals surface area (Å²) in [6.07, 6.45) is 10.8. The molecule has 0 amide bonds. The van der Waals surface area contributed by atoms with Gasteiger partial charge in [0.15, 0.2) is 11.5 Å². The second-order valence-corrected chi connectivity index (χ2v) is 10.3. The van der Waals surface area contributed by atoms with Crippen molar-refractivity contribution in [2.45, 2.75) is 134 Å². The SMILES string of the molecule is CC(=O)C(C(=O)OC1CCCCC1)C(O)(CC(=O)OC1CCCCC1)C(=O)OC1CCCCC1. The summed E-state index contributed by atoms with van der Waals surface area (Å²) in [4.78, 5) is 51.8. The van der Waals surface area contributed by atoms with E-state index in [4.69, 9.17) is 14.2 Å². The Morgan fingerprint density at radius 3 is 1.56 bits per heavy atom. The predicted molar refractivity (Wildman–Crippen MR) is 123 cm³/mol. The zero-order valence-corrected chi connectivity index (χ0v) is 20.4. The van der Waals surface area contributed by atoms with Crippen LogP contribution in [0.3, 0.4) is 0 Å². The number of hydrogen-bond acceptors (Lipinski definition) is 8. The molecule has 3 rings (SSSR count). The van der Waals surface area contributed by atoms with Crippen molar-refractivity contribution in [1.82, 2.24) is 0 Å². The van der Waals surface area contributed by atoms with Gasteiger partial charge in [-0.25, -0.2) is 4.79 Å². The second kappa shape index (κ2) is 12.7. The molecule has 0 bridgehead atoms. The Balaban J connectivity index is 1.78. The van der Waals surface area contributed by atoms with Crippen LogP contribution < -0.4 is 0 Å². The summed E-state index contributed by atoms with van der Waals surface area (Å²) in [7, 11) is 0. The molecular formula is C26H40O8. The summed E-state index contributed by atoms with van der Waals surface area (Å²) in [6, 6.07) is 0. The minimum Gasteiger partial charge on any atom is -0.462 e. The molecule has 0 saturated heterocycles. The van der Waals surface area contributed by atoms with Crippen LogP contribution in [0.25, 0.3) is 0 Å². The van der Waals surface area contributed by atoms with Crippen molar-refractivity contribution in [2.24, 2.45) is 5.92 Å². The number of hydrogen-bond donors (Lipinski definition) is 1. The molecule has 0 radical (unpaired) electrons. The van der Waals surface area contributed by atoms with Crippen LogP contribution in [0.4, 0.5) is 0 Å². The lowest BCUT2D eigenvalue weighted by atomic mass is 9.81. The highest BCUT2D eigenvalue weighted by atomic mass is 16.6. The zero-order chi connectivity index (χ0) is 24.6. The minimum atomic E-state index is -2.67. The van der Waals surface area contributed by atoms with Crippen LogP contribution in [0.2, 0.25) is 0 Å². The molecule has 34 heavy (non-hydrogen) atoms. The van der Waals surface area contributed by atoms with E-state index in [1.165, 1.54) is 0 Å². The van der Waals surface area contributed by atoms with Gasteiger partial charge in [0.1, 0.15) is 24.1 Å². The van der Waals surface area contributed by atoms with Crippen molar-refractivity contribution in [3.05, 3.63) is 0 Å². The van der Waals surface area contributed by atoms with E-state index in [2.05, 4.69) is 0 Å². The summed E-state index contributed by atoms with van der Waals surface area (Å²) < 4.78 is 16.6. The molecule has 8 heteroatoms. The lowest BCUT2D eigenvalue weighted by Crippen LogP contribution is -2.56. The van der Waals surface area contributed by atoms with Crippen LogP contribution in [-0.2, 0) is 33.4 Å². The average Bonchev–Trinajstić information content (AvgIpc) is 2.80. The van der Waals surface area contributed by atoms with Gasteiger partial charge in [-0.15, -0.1) is 0 Å². The maximum Gasteiger partial charge on any atom is 0.340 e. The van der Waals surface area contributed by atoms with Crippen molar-refractivity contribution >= 4 is 23.7 Å². The molecule has 0 spiro atoms. The van der Waals surface area contributed by atoms with E-state index in [1.54, 1.807) is 0 Å². The number of aliphatic hydroxyl groups is 1. The third kappa shape index (κ3) is 7.27. The van der Waals surface area contributed by atoms with E-state index < -0.39 is 47.7 Å². The third-order valence-electron chi connectivity index (χ3n) is 7.40. The number of carbonyl (C=O) groups is 4. The molecule has 0 heterocycles. The molecule has 8 nitrogen and oxygen atoms in total. The van der Waals surface area contributed by atoms with Crippen LogP contribution in [0.15, 0.2) is 0 Å². The molecule has 0 aliphatic heterocycles. The van der Waals surface area contributed by atoms with Gasteiger partial charge in [0.05, 0.1) is 6.42 Å². The van der Waals surface area contributed by atoms with Gasteiger partial charge >= 0.3 is 17.9 Å². The third-order valence-corrected chi connectivity index (χ3v) is 7.40. The first-order valence-electron chi connectivity index (χ1n) is 13.1. The fourth-order valence-corrected chi connectivity index (χ4v) is 5.47. The van der Waals surface area contributed by atoms with E-state index in [-0.39, 0.29) is 12.2 Å². The highest BCUT2D eigenvalue weighted by Gasteiger charge is 2.55. The monoisotopic (exact) mass is 480 g/mol. The Morgan fingerprint density at radius 1 is 0.706 bits per heavy atom. The van der Waals surface area contributed by atoms with Crippen molar-refractivity contribution < 1.29 is 38.5 Å². The van der Waals surface area contributed by atoms with Gasteiger partial charge in [0, 0.05) is 0 Å². The lowest BCUT2D eigenvalue weighted by molar-refractivity contribution is -0.194. The first-order chi connectivity index (χ1) is 16.3.